The highest BCUT2D eigenvalue weighted by molar-refractivity contribution is 5.87. The summed E-state index contributed by atoms with van der Waals surface area (Å²) in [5.41, 5.74) is 6.10. The predicted molar refractivity (Wildman–Crippen MR) is 175 cm³/mol. The molecule has 4 heterocycles. The lowest BCUT2D eigenvalue weighted by Crippen LogP contribution is -2.07. The second kappa shape index (κ2) is 21.8. The maximum atomic E-state index is 10.6. The number of aromatic carboxylic acids is 1. The van der Waals surface area contributed by atoms with Gasteiger partial charge in [0.15, 0.2) is 5.69 Å². The molecule has 0 aromatic carbocycles. The number of aromatic nitrogens is 8. The number of carboxylic acids is 1. The zero-order valence-electron chi connectivity index (χ0n) is 29.1. The van der Waals surface area contributed by atoms with E-state index in [1.807, 2.05) is 59.7 Å². The largest absolute Gasteiger partial charge is 0.477 e. The first-order valence-corrected chi connectivity index (χ1v) is 15.0. The minimum Gasteiger partial charge on any atom is -0.477 e. The first-order valence-electron chi connectivity index (χ1n) is 15.0. The highest BCUT2D eigenvalue weighted by atomic mass is 16.4. The monoisotopic (exact) mass is 632 g/mol. The minimum atomic E-state index is -0.999. The van der Waals surface area contributed by atoms with Gasteiger partial charge < -0.3 is 5.11 Å². The number of nitrogens with zero attached hydrogens (tertiary/aromatic N) is 8. The van der Waals surface area contributed by atoms with E-state index in [9.17, 15) is 4.79 Å². The Balaban J connectivity index is 0.000000572. The van der Waals surface area contributed by atoms with Gasteiger partial charge in [0.05, 0.1) is 0 Å². The zero-order valence-corrected chi connectivity index (χ0v) is 29.1. The lowest BCUT2D eigenvalue weighted by atomic mass is 10.0. The van der Waals surface area contributed by atoms with Crippen molar-refractivity contribution in [1.82, 2.24) is 39.9 Å². The second-order valence-electron chi connectivity index (χ2n) is 11.5. The quantitative estimate of drug-likeness (QED) is 0.245. The van der Waals surface area contributed by atoms with Crippen molar-refractivity contribution in [1.29, 1.82) is 0 Å². The summed E-state index contributed by atoms with van der Waals surface area (Å²) in [7, 11) is 0. The Kier molecular flexibility index (Phi) is 19.5. The Morgan fingerprint density at radius 1 is 0.652 bits per heavy atom. The Hall–Kier alpha value is -4.83. The molecule has 1 N–H and O–H groups in total. The first-order chi connectivity index (χ1) is 21.5. The minimum absolute atomic E-state index is 0.0972. The molecule has 0 aliphatic heterocycles. The molecule has 0 spiro atoms. The maximum Gasteiger partial charge on any atom is 0.373 e. The summed E-state index contributed by atoms with van der Waals surface area (Å²) in [5, 5.41) is 8.72. The summed E-state index contributed by atoms with van der Waals surface area (Å²) < 4.78 is 0. The molecule has 0 bridgehead atoms. The van der Waals surface area contributed by atoms with Crippen molar-refractivity contribution in [2.45, 2.75) is 107 Å². The summed E-state index contributed by atoms with van der Waals surface area (Å²) in [6, 6.07) is 5.92. The molecule has 0 aliphatic carbocycles. The molecule has 12 heteroatoms. The standard InChI is InChI=1S/2C9H14N2.C8H10N2O2.C7H10N2.CO2/c2*1-6(2)9-10-7(3)5-8(4)11-9;1-5(2)6-3-9-4-10-7(6)8(11)12;1-6(2)7-3-4-8-5-9-7;2-1-3/h2*5-6H,1-4H3;3-5H,1-2H3,(H,11,12);3-6H,1-2H3;. The number of hydrogen-bond donors (Lipinski definition) is 1. The topological polar surface area (TPSA) is 175 Å². The molecule has 0 fully saturated rings. The van der Waals surface area contributed by atoms with E-state index >= 15 is 0 Å². The molecule has 0 aliphatic rings. The van der Waals surface area contributed by atoms with Gasteiger partial charge in [-0.15, -0.1) is 0 Å². The lowest BCUT2D eigenvalue weighted by molar-refractivity contribution is -0.191. The molecule has 0 atom stereocenters. The number of carbonyl (C=O) groups is 1. The first kappa shape index (κ1) is 41.2. The van der Waals surface area contributed by atoms with Crippen molar-refractivity contribution in [2.75, 3.05) is 0 Å². The number of carbonyl (C=O) groups excluding carboxylic acids is 2. The molecule has 0 saturated carbocycles. The Labute approximate surface area is 272 Å². The van der Waals surface area contributed by atoms with Gasteiger partial charge >= 0.3 is 12.1 Å². The van der Waals surface area contributed by atoms with Gasteiger partial charge in [-0.05, 0) is 57.7 Å². The number of carboxylic acid groups (broad SMARTS) is 1. The zero-order chi connectivity index (χ0) is 35.4. The van der Waals surface area contributed by atoms with E-state index in [4.69, 9.17) is 14.7 Å². The lowest BCUT2D eigenvalue weighted by Gasteiger charge is -2.05. The van der Waals surface area contributed by atoms with Crippen LogP contribution in [0.15, 0.2) is 43.2 Å². The molecular weight excluding hydrogens is 584 g/mol. The average molecular weight is 633 g/mol. The fourth-order valence-electron chi connectivity index (χ4n) is 3.61. The molecule has 0 saturated heterocycles. The van der Waals surface area contributed by atoms with E-state index < -0.39 is 5.97 Å². The predicted octanol–water partition coefficient (Wildman–Crippen LogP) is 6.75. The van der Waals surface area contributed by atoms with Crippen LogP contribution in [0.2, 0.25) is 0 Å². The molecule has 4 aromatic heterocycles. The van der Waals surface area contributed by atoms with Crippen molar-refractivity contribution >= 4 is 12.1 Å². The second-order valence-corrected chi connectivity index (χ2v) is 11.5. The van der Waals surface area contributed by atoms with E-state index in [1.165, 1.54) is 6.33 Å². The number of aryl methyl sites for hydroxylation is 4. The van der Waals surface area contributed by atoms with Gasteiger partial charge in [0.25, 0.3) is 0 Å². The highest BCUT2D eigenvalue weighted by Gasteiger charge is 2.13. The Morgan fingerprint density at radius 3 is 1.33 bits per heavy atom. The summed E-state index contributed by atoms with van der Waals surface area (Å²) in [6.07, 6.45) is 6.38. The van der Waals surface area contributed by atoms with Gasteiger partial charge in [0.2, 0.25) is 0 Å². The van der Waals surface area contributed by atoms with Crippen LogP contribution in [0.4, 0.5) is 0 Å². The molecule has 46 heavy (non-hydrogen) atoms. The van der Waals surface area contributed by atoms with Crippen LogP contribution in [0.25, 0.3) is 0 Å². The van der Waals surface area contributed by atoms with Crippen molar-refractivity contribution in [3.8, 4) is 0 Å². The number of hydrogen-bond acceptors (Lipinski definition) is 11. The van der Waals surface area contributed by atoms with Crippen molar-refractivity contribution in [3.05, 3.63) is 94.6 Å². The molecule has 4 aromatic rings. The molecule has 12 nitrogen and oxygen atoms in total. The van der Waals surface area contributed by atoms with Gasteiger partial charge in [-0.1, -0.05) is 55.4 Å². The molecular formula is C34H48N8O4. The smallest absolute Gasteiger partial charge is 0.373 e. The average Bonchev–Trinajstić information content (AvgIpc) is 2.98. The maximum absolute atomic E-state index is 10.6. The van der Waals surface area contributed by atoms with Crippen LogP contribution in [-0.4, -0.2) is 57.1 Å². The van der Waals surface area contributed by atoms with Crippen LogP contribution in [0, 0.1) is 27.7 Å². The highest BCUT2D eigenvalue weighted by Crippen LogP contribution is 2.15. The molecule has 4 rings (SSSR count). The van der Waals surface area contributed by atoms with Gasteiger partial charge in [-0.3, -0.25) is 0 Å². The van der Waals surface area contributed by atoms with Crippen molar-refractivity contribution in [3.63, 3.8) is 0 Å². The molecule has 0 amide bonds. The summed E-state index contributed by atoms with van der Waals surface area (Å²) in [5.74, 6) is 2.39. The van der Waals surface area contributed by atoms with Gasteiger partial charge in [-0.2, -0.15) is 9.59 Å². The van der Waals surface area contributed by atoms with Gasteiger partial charge in [0, 0.05) is 58.3 Å². The van der Waals surface area contributed by atoms with Crippen molar-refractivity contribution in [2.24, 2.45) is 0 Å². The van der Waals surface area contributed by atoms with Crippen LogP contribution in [0.3, 0.4) is 0 Å². The third kappa shape index (κ3) is 16.9. The SMILES string of the molecule is CC(C)c1ccncn1.CC(C)c1cncnc1C(=O)O.Cc1cc(C)nc(C(C)C)n1.Cc1cc(C)nc(C(C)C)n1.O=C=O. The fraction of sp³-hybridized carbons (Fsp3) is 0.471. The van der Waals surface area contributed by atoms with Crippen LogP contribution in [0.1, 0.15) is 135 Å². The summed E-state index contributed by atoms with van der Waals surface area (Å²) in [4.78, 5) is 59.5. The molecule has 0 radical (unpaired) electrons. The third-order valence-electron chi connectivity index (χ3n) is 5.79. The van der Waals surface area contributed by atoms with Crippen LogP contribution in [0.5, 0.6) is 0 Å². The summed E-state index contributed by atoms with van der Waals surface area (Å²) in [6.45, 7) is 24.5. The van der Waals surface area contributed by atoms with Crippen LogP contribution < -0.4 is 0 Å². The normalized spacial score (nSPS) is 9.91. The van der Waals surface area contributed by atoms with E-state index in [0.717, 1.165) is 40.1 Å². The molecule has 0 unspecified atom stereocenters. The summed E-state index contributed by atoms with van der Waals surface area (Å²) >= 11 is 0. The van der Waals surface area contributed by atoms with E-state index in [-0.39, 0.29) is 17.8 Å². The van der Waals surface area contributed by atoms with E-state index in [1.54, 1.807) is 18.7 Å². The number of rotatable bonds is 5. The van der Waals surface area contributed by atoms with Gasteiger partial charge in [0.1, 0.15) is 24.3 Å². The Bertz CT molecular complexity index is 1410. The fourth-order valence-corrected chi connectivity index (χ4v) is 3.61. The van der Waals surface area contributed by atoms with E-state index in [0.29, 0.717) is 23.3 Å². The Morgan fingerprint density at radius 2 is 1.07 bits per heavy atom. The third-order valence-corrected chi connectivity index (χ3v) is 5.79. The van der Waals surface area contributed by atoms with E-state index in [2.05, 4.69) is 81.4 Å². The van der Waals surface area contributed by atoms with Crippen molar-refractivity contribution < 1.29 is 19.5 Å². The van der Waals surface area contributed by atoms with Crippen LogP contribution >= 0.6 is 0 Å². The van der Waals surface area contributed by atoms with Crippen LogP contribution in [-0.2, 0) is 9.59 Å². The van der Waals surface area contributed by atoms with Gasteiger partial charge in [-0.25, -0.2) is 44.7 Å². The molecule has 248 valence electrons.